The zero-order chi connectivity index (χ0) is 15.7. The molecule has 1 aromatic carbocycles. The van der Waals surface area contributed by atoms with Crippen LogP contribution in [0.2, 0.25) is 0 Å². The van der Waals surface area contributed by atoms with Crippen molar-refractivity contribution in [1.29, 1.82) is 0 Å². The lowest BCUT2D eigenvalue weighted by Gasteiger charge is -2.23. The second-order valence-corrected chi connectivity index (χ2v) is 5.12. The maximum Gasteiger partial charge on any atom is 0.329 e. The standard InChI is InChI=1S/C15H15N3O4/c19-9-12-2-1-7-17(12)14(21)10-3-5-11(6-4-10)18-8-13(20)16-15(18)22/h1-6,12,19H,7-9H2,(H,16,20,22)/t12-/m0/s1. The summed E-state index contributed by atoms with van der Waals surface area (Å²) in [7, 11) is 0. The quantitative estimate of drug-likeness (QED) is 0.613. The van der Waals surface area contributed by atoms with Crippen LogP contribution in [-0.2, 0) is 4.79 Å². The molecular weight excluding hydrogens is 286 g/mol. The minimum Gasteiger partial charge on any atom is -0.394 e. The third kappa shape index (κ3) is 2.46. The molecule has 4 amide bonds. The smallest absolute Gasteiger partial charge is 0.329 e. The summed E-state index contributed by atoms with van der Waals surface area (Å²) in [4.78, 5) is 38.0. The van der Waals surface area contributed by atoms with E-state index in [0.717, 1.165) is 0 Å². The number of imide groups is 1. The number of aliphatic hydroxyl groups excluding tert-OH is 1. The molecule has 1 saturated heterocycles. The molecular formula is C15H15N3O4. The highest BCUT2D eigenvalue weighted by atomic mass is 16.3. The number of hydrogen-bond donors (Lipinski definition) is 2. The molecule has 0 saturated carbocycles. The van der Waals surface area contributed by atoms with Crippen molar-refractivity contribution in [3.8, 4) is 0 Å². The molecule has 114 valence electrons. The molecule has 0 aliphatic carbocycles. The van der Waals surface area contributed by atoms with Gasteiger partial charge in [-0.1, -0.05) is 12.2 Å². The molecule has 2 N–H and O–H groups in total. The first-order valence-electron chi connectivity index (χ1n) is 6.90. The van der Waals surface area contributed by atoms with Crippen LogP contribution in [0.15, 0.2) is 36.4 Å². The molecule has 0 unspecified atom stereocenters. The minimum atomic E-state index is -0.465. The SMILES string of the molecule is O=C1CN(c2ccc(C(=O)N3CC=C[C@H]3CO)cc2)C(=O)N1. The van der Waals surface area contributed by atoms with E-state index >= 15 is 0 Å². The summed E-state index contributed by atoms with van der Waals surface area (Å²) in [6.45, 7) is 0.333. The van der Waals surface area contributed by atoms with E-state index in [1.807, 2.05) is 6.08 Å². The van der Waals surface area contributed by atoms with Crippen molar-refractivity contribution in [3.05, 3.63) is 42.0 Å². The molecule has 0 bridgehead atoms. The van der Waals surface area contributed by atoms with Crippen molar-refractivity contribution >= 4 is 23.5 Å². The van der Waals surface area contributed by atoms with Gasteiger partial charge in [-0.3, -0.25) is 19.8 Å². The van der Waals surface area contributed by atoms with Gasteiger partial charge in [0.1, 0.15) is 6.54 Å². The number of hydrogen-bond acceptors (Lipinski definition) is 4. The van der Waals surface area contributed by atoms with Crippen LogP contribution in [-0.4, -0.2) is 53.6 Å². The maximum absolute atomic E-state index is 12.4. The van der Waals surface area contributed by atoms with Gasteiger partial charge in [-0.2, -0.15) is 0 Å². The van der Waals surface area contributed by atoms with Crippen LogP contribution in [0.3, 0.4) is 0 Å². The van der Waals surface area contributed by atoms with Crippen LogP contribution in [0.4, 0.5) is 10.5 Å². The summed E-state index contributed by atoms with van der Waals surface area (Å²) in [6, 6.07) is 5.72. The van der Waals surface area contributed by atoms with E-state index in [1.165, 1.54) is 4.90 Å². The van der Waals surface area contributed by atoms with Gasteiger partial charge >= 0.3 is 6.03 Å². The summed E-state index contributed by atoms with van der Waals surface area (Å²) in [5.41, 5.74) is 1.02. The largest absolute Gasteiger partial charge is 0.394 e. The first-order valence-corrected chi connectivity index (χ1v) is 6.90. The minimum absolute atomic E-state index is 0.0191. The first-order chi connectivity index (χ1) is 10.6. The number of benzene rings is 1. The number of nitrogens with zero attached hydrogens (tertiary/aromatic N) is 2. The Labute approximate surface area is 126 Å². The molecule has 7 nitrogen and oxygen atoms in total. The fourth-order valence-corrected chi connectivity index (χ4v) is 2.56. The monoisotopic (exact) mass is 301 g/mol. The molecule has 2 aliphatic rings. The van der Waals surface area contributed by atoms with E-state index in [1.54, 1.807) is 35.2 Å². The van der Waals surface area contributed by atoms with E-state index in [9.17, 15) is 19.5 Å². The molecule has 7 heteroatoms. The molecule has 2 aliphatic heterocycles. The molecule has 2 heterocycles. The van der Waals surface area contributed by atoms with E-state index in [0.29, 0.717) is 17.8 Å². The van der Waals surface area contributed by atoms with Gasteiger partial charge in [0.15, 0.2) is 0 Å². The normalized spacial score (nSPS) is 20.7. The number of urea groups is 1. The molecule has 1 fully saturated rings. The third-order valence-electron chi connectivity index (χ3n) is 3.73. The number of amides is 4. The Morgan fingerprint density at radius 2 is 2.00 bits per heavy atom. The Morgan fingerprint density at radius 1 is 1.27 bits per heavy atom. The van der Waals surface area contributed by atoms with Crippen LogP contribution >= 0.6 is 0 Å². The van der Waals surface area contributed by atoms with Gasteiger partial charge in [0, 0.05) is 17.8 Å². The van der Waals surface area contributed by atoms with Crippen LogP contribution in [0.25, 0.3) is 0 Å². The van der Waals surface area contributed by atoms with Crippen LogP contribution < -0.4 is 10.2 Å². The van der Waals surface area contributed by atoms with Crippen molar-refractivity contribution in [2.45, 2.75) is 6.04 Å². The van der Waals surface area contributed by atoms with Crippen LogP contribution in [0, 0.1) is 0 Å². The second kappa shape index (κ2) is 5.61. The number of anilines is 1. The molecule has 0 aromatic heterocycles. The first kappa shape index (κ1) is 14.3. The average Bonchev–Trinajstić information content (AvgIpc) is 3.12. The Kier molecular flexibility index (Phi) is 3.64. The van der Waals surface area contributed by atoms with Gasteiger partial charge < -0.3 is 10.0 Å². The van der Waals surface area contributed by atoms with E-state index in [4.69, 9.17) is 0 Å². The number of nitrogens with one attached hydrogen (secondary N) is 1. The van der Waals surface area contributed by atoms with Gasteiger partial charge in [-0.15, -0.1) is 0 Å². The fraction of sp³-hybridized carbons (Fsp3) is 0.267. The zero-order valence-electron chi connectivity index (χ0n) is 11.7. The highest BCUT2D eigenvalue weighted by Gasteiger charge is 2.29. The Morgan fingerprint density at radius 3 is 2.59 bits per heavy atom. The van der Waals surface area contributed by atoms with Gasteiger partial charge in [-0.25, -0.2) is 4.79 Å². The number of carbonyl (C=O) groups excluding carboxylic acids is 3. The predicted molar refractivity (Wildman–Crippen MR) is 78.4 cm³/mol. The summed E-state index contributed by atoms with van der Waals surface area (Å²) in [6.07, 6.45) is 3.64. The van der Waals surface area contributed by atoms with Crippen molar-refractivity contribution in [2.24, 2.45) is 0 Å². The summed E-state index contributed by atoms with van der Waals surface area (Å²) in [5, 5.41) is 11.4. The van der Waals surface area contributed by atoms with Crippen molar-refractivity contribution in [1.82, 2.24) is 10.2 Å². The molecule has 0 spiro atoms. The Bertz CT molecular complexity index is 653. The number of aliphatic hydroxyl groups is 1. The van der Waals surface area contributed by atoms with Gasteiger partial charge in [-0.05, 0) is 24.3 Å². The van der Waals surface area contributed by atoms with Gasteiger partial charge in [0.2, 0.25) is 5.91 Å². The topological polar surface area (TPSA) is 90.0 Å². The van der Waals surface area contributed by atoms with Crippen molar-refractivity contribution in [2.75, 3.05) is 24.6 Å². The molecule has 0 radical (unpaired) electrons. The Hall–Kier alpha value is -2.67. The number of carbonyl (C=O) groups is 3. The summed E-state index contributed by atoms with van der Waals surface area (Å²) < 4.78 is 0. The predicted octanol–water partition coefficient (Wildman–Crippen LogP) is 0.116. The van der Waals surface area contributed by atoms with E-state index in [2.05, 4.69) is 5.32 Å². The lowest BCUT2D eigenvalue weighted by molar-refractivity contribution is -0.117. The van der Waals surface area contributed by atoms with Crippen molar-refractivity contribution in [3.63, 3.8) is 0 Å². The fourth-order valence-electron chi connectivity index (χ4n) is 2.56. The lowest BCUT2D eigenvalue weighted by Crippen LogP contribution is -2.38. The zero-order valence-corrected chi connectivity index (χ0v) is 11.7. The van der Waals surface area contributed by atoms with Crippen molar-refractivity contribution < 1.29 is 19.5 Å². The van der Waals surface area contributed by atoms with E-state index in [-0.39, 0.29) is 31.0 Å². The lowest BCUT2D eigenvalue weighted by atomic mass is 10.1. The Balaban J connectivity index is 1.76. The summed E-state index contributed by atoms with van der Waals surface area (Å²) >= 11 is 0. The van der Waals surface area contributed by atoms with Gasteiger partial charge in [0.05, 0.1) is 12.6 Å². The molecule has 3 rings (SSSR count). The maximum atomic E-state index is 12.4. The average molecular weight is 301 g/mol. The highest BCUT2D eigenvalue weighted by Crippen LogP contribution is 2.20. The number of rotatable bonds is 3. The van der Waals surface area contributed by atoms with Crippen LogP contribution in [0.1, 0.15) is 10.4 Å². The third-order valence-corrected chi connectivity index (χ3v) is 3.73. The molecule has 22 heavy (non-hydrogen) atoms. The van der Waals surface area contributed by atoms with Crippen LogP contribution in [0.5, 0.6) is 0 Å². The van der Waals surface area contributed by atoms with Gasteiger partial charge in [0.25, 0.3) is 5.91 Å². The van der Waals surface area contributed by atoms with E-state index < -0.39 is 6.03 Å². The molecule has 1 aromatic rings. The second-order valence-electron chi connectivity index (χ2n) is 5.12. The highest BCUT2D eigenvalue weighted by molar-refractivity contribution is 6.12. The molecule has 1 atom stereocenters. The summed E-state index contributed by atoms with van der Waals surface area (Å²) in [5.74, 6) is -0.531.